The first-order valence-electron chi connectivity index (χ1n) is 9.19. The molecule has 0 saturated heterocycles. The zero-order chi connectivity index (χ0) is 20.2. The normalized spacial score (nSPS) is 10.8. The van der Waals surface area contributed by atoms with E-state index in [0.29, 0.717) is 35.2 Å². The van der Waals surface area contributed by atoms with Crippen LogP contribution in [0.15, 0.2) is 72.0 Å². The van der Waals surface area contributed by atoms with Crippen LogP contribution in [0.5, 0.6) is 0 Å². The lowest BCUT2D eigenvalue weighted by Crippen LogP contribution is -2.26. The highest BCUT2D eigenvalue weighted by atomic mass is 16.1. The molecule has 0 aromatic carbocycles. The topological polar surface area (TPSA) is 89.8 Å². The second kappa shape index (κ2) is 8.02. The van der Waals surface area contributed by atoms with E-state index in [0.717, 1.165) is 11.3 Å². The highest BCUT2D eigenvalue weighted by Crippen LogP contribution is 2.14. The van der Waals surface area contributed by atoms with Crippen molar-refractivity contribution in [3.8, 4) is 0 Å². The average Bonchev–Trinajstić information content (AvgIpc) is 2.75. The van der Waals surface area contributed by atoms with Gasteiger partial charge in [0, 0.05) is 24.8 Å². The third-order valence-electron chi connectivity index (χ3n) is 4.65. The Bertz CT molecular complexity index is 1220. The van der Waals surface area contributed by atoms with Gasteiger partial charge in [-0.15, -0.1) is 0 Å². The molecule has 4 aromatic heterocycles. The predicted octanol–water partition coefficient (Wildman–Crippen LogP) is 2.47. The summed E-state index contributed by atoms with van der Waals surface area (Å²) in [6, 6.07) is 12.7. The summed E-state index contributed by atoms with van der Waals surface area (Å²) in [6.07, 6.45) is 6.78. The highest BCUT2D eigenvalue weighted by Gasteiger charge is 2.14. The maximum atomic E-state index is 13.0. The van der Waals surface area contributed by atoms with Crippen LogP contribution in [0.3, 0.4) is 0 Å². The van der Waals surface area contributed by atoms with E-state index in [4.69, 9.17) is 0 Å². The van der Waals surface area contributed by atoms with Gasteiger partial charge in [-0.25, -0.2) is 0 Å². The van der Waals surface area contributed by atoms with Crippen LogP contribution in [0.25, 0.3) is 10.9 Å². The van der Waals surface area contributed by atoms with E-state index in [1.807, 2.05) is 30.3 Å². The van der Waals surface area contributed by atoms with Crippen molar-refractivity contribution in [2.45, 2.75) is 20.0 Å². The van der Waals surface area contributed by atoms with Crippen molar-refractivity contribution in [2.24, 2.45) is 0 Å². The number of nitrogens with zero attached hydrogens (tertiary/aromatic N) is 4. The summed E-state index contributed by atoms with van der Waals surface area (Å²) >= 11 is 0. The summed E-state index contributed by atoms with van der Waals surface area (Å²) in [5.41, 5.74) is 3.06. The molecular formula is C22H19N5O2. The van der Waals surface area contributed by atoms with Gasteiger partial charge in [0.15, 0.2) is 0 Å². The molecule has 7 heteroatoms. The average molecular weight is 385 g/mol. The van der Waals surface area contributed by atoms with Crippen molar-refractivity contribution in [3.63, 3.8) is 0 Å². The molecule has 4 aromatic rings. The van der Waals surface area contributed by atoms with E-state index in [-0.39, 0.29) is 11.5 Å². The molecule has 0 aliphatic carbocycles. The number of pyridine rings is 4. The van der Waals surface area contributed by atoms with E-state index < -0.39 is 0 Å². The van der Waals surface area contributed by atoms with Crippen LogP contribution in [0.1, 0.15) is 27.3 Å². The first-order valence-corrected chi connectivity index (χ1v) is 9.19. The monoisotopic (exact) mass is 385 g/mol. The lowest BCUT2D eigenvalue weighted by molar-refractivity contribution is 0.0949. The Hall–Kier alpha value is -3.87. The summed E-state index contributed by atoms with van der Waals surface area (Å²) in [7, 11) is 0. The molecule has 0 fully saturated rings. The smallest absolute Gasteiger partial charge is 0.260 e. The molecule has 0 aliphatic heterocycles. The number of rotatable bonds is 5. The Morgan fingerprint density at radius 3 is 2.69 bits per heavy atom. The third kappa shape index (κ3) is 4.03. The Morgan fingerprint density at radius 1 is 1.10 bits per heavy atom. The van der Waals surface area contributed by atoms with E-state index in [1.165, 1.54) is 0 Å². The Kier molecular flexibility index (Phi) is 5.11. The van der Waals surface area contributed by atoms with Crippen LogP contribution in [0.2, 0.25) is 0 Å². The maximum Gasteiger partial charge on any atom is 0.260 e. The molecular weight excluding hydrogens is 366 g/mol. The molecule has 1 amide bonds. The minimum Gasteiger partial charge on any atom is -0.346 e. The summed E-state index contributed by atoms with van der Waals surface area (Å²) in [5, 5.41) is 3.25. The van der Waals surface area contributed by atoms with Crippen LogP contribution in [0, 0.1) is 6.92 Å². The van der Waals surface area contributed by atoms with Gasteiger partial charge in [-0.2, -0.15) is 0 Å². The summed E-state index contributed by atoms with van der Waals surface area (Å²) < 4.78 is 1.60. The van der Waals surface area contributed by atoms with Gasteiger partial charge in [0.05, 0.1) is 40.9 Å². The SMILES string of the molecule is Cc1nc2ccn(Cc3ccncc3)c(=O)c2cc1C(=O)NCc1ccccn1. The van der Waals surface area contributed by atoms with Crippen LogP contribution < -0.4 is 10.9 Å². The number of carbonyl (C=O) groups is 1. The molecule has 1 N–H and O–H groups in total. The standard InChI is InChI=1S/C22H19N5O2/c1-15-18(21(28)25-13-17-4-2-3-8-24-17)12-19-20(26-15)7-11-27(22(19)29)14-16-5-9-23-10-6-16/h2-12H,13-14H2,1H3,(H,25,28). The van der Waals surface area contributed by atoms with Crippen molar-refractivity contribution in [1.82, 2.24) is 24.8 Å². The van der Waals surface area contributed by atoms with Gasteiger partial charge in [0.2, 0.25) is 0 Å². The zero-order valence-corrected chi connectivity index (χ0v) is 15.9. The summed E-state index contributed by atoms with van der Waals surface area (Å²) in [4.78, 5) is 38.3. The van der Waals surface area contributed by atoms with Gasteiger partial charge in [-0.05, 0) is 48.9 Å². The molecule has 0 unspecified atom stereocenters. The zero-order valence-electron chi connectivity index (χ0n) is 15.9. The van der Waals surface area contributed by atoms with Gasteiger partial charge in [-0.3, -0.25) is 24.5 Å². The number of hydrogen-bond donors (Lipinski definition) is 1. The summed E-state index contributed by atoms with van der Waals surface area (Å²) in [5.74, 6) is -0.286. The van der Waals surface area contributed by atoms with E-state index in [9.17, 15) is 9.59 Å². The first kappa shape index (κ1) is 18.5. The quantitative estimate of drug-likeness (QED) is 0.570. The fourth-order valence-corrected chi connectivity index (χ4v) is 3.11. The Balaban J connectivity index is 1.64. The molecule has 0 spiro atoms. The molecule has 0 bridgehead atoms. The van der Waals surface area contributed by atoms with Crippen molar-refractivity contribution >= 4 is 16.8 Å². The van der Waals surface area contributed by atoms with Gasteiger partial charge >= 0.3 is 0 Å². The lowest BCUT2D eigenvalue weighted by atomic mass is 10.1. The number of aryl methyl sites for hydroxylation is 1. The van der Waals surface area contributed by atoms with Gasteiger partial charge in [-0.1, -0.05) is 6.07 Å². The van der Waals surface area contributed by atoms with Crippen LogP contribution >= 0.6 is 0 Å². The number of amides is 1. The van der Waals surface area contributed by atoms with Gasteiger partial charge < -0.3 is 9.88 Å². The van der Waals surface area contributed by atoms with Gasteiger partial charge in [0.1, 0.15) is 0 Å². The van der Waals surface area contributed by atoms with E-state index in [1.54, 1.807) is 48.4 Å². The number of fused-ring (bicyclic) bond motifs is 1. The third-order valence-corrected chi connectivity index (χ3v) is 4.65. The second-order valence-corrected chi connectivity index (χ2v) is 6.66. The van der Waals surface area contributed by atoms with E-state index >= 15 is 0 Å². The minimum atomic E-state index is -0.286. The summed E-state index contributed by atoms with van der Waals surface area (Å²) in [6.45, 7) is 2.49. The van der Waals surface area contributed by atoms with Crippen molar-refractivity contribution in [1.29, 1.82) is 0 Å². The van der Waals surface area contributed by atoms with Crippen LogP contribution in [-0.4, -0.2) is 25.4 Å². The minimum absolute atomic E-state index is 0.189. The fourth-order valence-electron chi connectivity index (χ4n) is 3.11. The largest absolute Gasteiger partial charge is 0.346 e. The Labute approximate surface area is 167 Å². The Morgan fingerprint density at radius 2 is 1.93 bits per heavy atom. The van der Waals surface area contributed by atoms with Crippen LogP contribution in [0.4, 0.5) is 0 Å². The predicted molar refractivity (Wildman–Crippen MR) is 109 cm³/mol. The van der Waals surface area contributed by atoms with Crippen molar-refractivity contribution < 1.29 is 4.79 Å². The molecule has 0 radical (unpaired) electrons. The fraction of sp³-hybridized carbons (Fsp3) is 0.136. The van der Waals surface area contributed by atoms with Crippen molar-refractivity contribution in [3.05, 3.63) is 100 Å². The van der Waals surface area contributed by atoms with Crippen LogP contribution in [-0.2, 0) is 13.1 Å². The molecule has 7 nitrogen and oxygen atoms in total. The van der Waals surface area contributed by atoms with Crippen molar-refractivity contribution in [2.75, 3.05) is 0 Å². The number of carbonyl (C=O) groups excluding carboxylic acids is 1. The lowest BCUT2D eigenvalue weighted by Gasteiger charge is -2.10. The molecule has 4 rings (SSSR count). The first-order chi connectivity index (χ1) is 14.1. The molecule has 144 valence electrons. The maximum absolute atomic E-state index is 13.0. The number of hydrogen-bond acceptors (Lipinski definition) is 5. The number of nitrogens with one attached hydrogen (secondary N) is 1. The molecule has 29 heavy (non-hydrogen) atoms. The number of aromatic nitrogens is 4. The molecule has 0 aliphatic rings. The van der Waals surface area contributed by atoms with Gasteiger partial charge in [0.25, 0.3) is 11.5 Å². The molecule has 4 heterocycles. The molecule has 0 saturated carbocycles. The highest BCUT2D eigenvalue weighted by molar-refractivity contribution is 5.98. The molecule has 0 atom stereocenters. The van der Waals surface area contributed by atoms with E-state index in [2.05, 4.69) is 20.3 Å². The second-order valence-electron chi connectivity index (χ2n) is 6.66.